The van der Waals surface area contributed by atoms with E-state index in [1.54, 1.807) is 13.0 Å². The number of anilines is 1. The quantitative estimate of drug-likeness (QED) is 0.468. The van der Waals surface area contributed by atoms with Gasteiger partial charge < -0.3 is 19.6 Å². The second-order valence-corrected chi connectivity index (χ2v) is 10.2. The second-order valence-electron chi connectivity index (χ2n) is 9.83. The molecule has 4 rings (SSSR count). The summed E-state index contributed by atoms with van der Waals surface area (Å²) in [7, 11) is 0. The fourth-order valence-electron chi connectivity index (χ4n) is 5.15. The summed E-state index contributed by atoms with van der Waals surface area (Å²) in [6.07, 6.45) is -2.57. The first kappa shape index (κ1) is 28.4. The molecule has 206 valence electrons. The zero-order valence-corrected chi connectivity index (χ0v) is 22.0. The molecule has 2 aromatic carbocycles. The maximum Gasteiger partial charge on any atom is 0.430 e. The van der Waals surface area contributed by atoms with Gasteiger partial charge in [-0.2, -0.15) is 13.2 Å². The Hall–Kier alpha value is -2.62. The van der Waals surface area contributed by atoms with Gasteiger partial charge in [0.15, 0.2) is 5.78 Å². The smallest absolute Gasteiger partial charge is 0.375 e. The Kier molecular flexibility index (Phi) is 8.69. The zero-order valence-electron chi connectivity index (χ0n) is 21.2. The highest BCUT2D eigenvalue weighted by Crippen LogP contribution is 2.41. The highest BCUT2D eigenvalue weighted by Gasteiger charge is 2.62. The van der Waals surface area contributed by atoms with Crippen LogP contribution in [0.15, 0.2) is 48.5 Å². The van der Waals surface area contributed by atoms with E-state index in [2.05, 4.69) is 4.90 Å². The van der Waals surface area contributed by atoms with Gasteiger partial charge in [-0.1, -0.05) is 48.9 Å². The maximum atomic E-state index is 13.9. The average Bonchev–Trinajstić information content (AvgIpc) is 2.92. The van der Waals surface area contributed by atoms with Crippen LogP contribution in [0.1, 0.15) is 54.9 Å². The number of piperidine rings is 2. The highest BCUT2D eigenvalue weighted by molar-refractivity contribution is 6.34. The Labute approximate surface area is 225 Å². The van der Waals surface area contributed by atoms with Crippen LogP contribution in [0.5, 0.6) is 0 Å². The summed E-state index contributed by atoms with van der Waals surface area (Å²) in [6.45, 7) is 3.44. The molecule has 0 spiro atoms. The number of Topliss-reactive ketones (excluding diaryl/α,β-unsaturated/α-hetero) is 1. The molecule has 2 fully saturated rings. The number of rotatable bonds is 7. The van der Waals surface area contributed by atoms with Crippen LogP contribution in [0.4, 0.5) is 18.9 Å². The molecule has 0 unspecified atom stereocenters. The molecule has 1 amide bonds. The number of benzene rings is 2. The molecule has 38 heavy (non-hydrogen) atoms. The molecule has 0 aromatic heterocycles. The zero-order chi connectivity index (χ0) is 27.5. The van der Waals surface area contributed by atoms with Crippen LogP contribution < -0.4 is 4.90 Å². The number of nitrogens with zero attached hydrogens (tertiary/aromatic N) is 2. The van der Waals surface area contributed by atoms with Gasteiger partial charge in [-0.3, -0.25) is 9.59 Å². The van der Waals surface area contributed by atoms with Crippen molar-refractivity contribution in [3.63, 3.8) is 0 Å². The number of aliphatic hydroxyl groups is 1. The average molecular weight is 553 g/mol. The monoisotopic (exact) mass is 552 g/mol. The molecular weight excluding hydrogens is 521 g/mol. The van der Waals surface area contributed by atoms with E-state index in [1.807, 2.05) is 12.1 Å². The van der Waals surface area contributed by atoms with E-state index in [0.29, 0.717) is 29.8 Å². The minimum absolute atomic E-state index is 0.00422. The summed E-state index contributed by atoms with van der Waals surface area (Å²) in [4.78, 5) is 28.2. The fraction of sp³-hybridized carbons (Fsp3) is 0.500. The molecule has 0 bridgehead atoms. The predicted octanol–water partition coefficient (Wildman–Crippen LogP) is 5.36. The molecular formula is C28H32ClF3N2O4. The van der Waals surface area contributed by atoms with Crippen LogP contribution in [0, 0.1) is 0 Å². The van der Waals surface area contributed by atoms with E-state index in [4.69, 9.17) is 16.3 Å². The van der Waals surface area contributed by atoms with Crippen molar-refractivity contribution in [3.8, 4) is 0 Å². The van der Waals surface area contributed by atoms with Crippen molar-refractivity contribution in [3.05, 3.63) is 64.7 Å². The van der Waals surface area contributed by atoms with Gasteiger partial charge in [-0.25, -0.2) is 0 Å². The minimum atomic E-state index is -5.15. The normalized spacial score (nSPS) is 19.3. The van der Waals surface area contributed by atoms with Gasteiger partial charge in [0, 0.05) is 49.4 Å². The van der Waals surface area contributed by atoms with E-state index < -0.39 is 23.2 Å². The Morgan fingerprint density at radius 1 is 0.974 bits per heavy atom. The van der Waals surface area contributed by atoms with Crippen molar-refractivity contribution in [2.75, 3.05) is 31.1 Å². The lowest BCUT2D eigenvalue weighted by atomic mass is 9.90. The van der Waals surface area contributed by atoms with Crippen LogP contribution in [0.2, 0.25) is 5.02 Å². The largest absolute Gasteiger partial charge is 0.430 e. The van der Waals surface area contributed by atoms with Crippen molar-refractivity contribution in [2.45, 2.75) is 63.0 Å². The lowest BCUT2D eigenvalue weighted by molar-refractivity contribution is -0.262. The summed E-state index contributed by atoms with van der Waals surface area (Å²) in [5.74, 6) is -1.35. The number of carbonyl (C=O) groups is 2. The Bertz CT molecular complexity index is 1130. The van der Waals surface area contributed by atoms with Crippen LogP contribution in [0.3, 0.4) is 0 Å². The first-order chi connectivity index (χ1) is 18.0. The van der Waals surface area contributed by atoms with Crippen molar-refractivity contribution in [2.24, 2.45) is 0 Å². The third kappa shape index (κ3) is 5.84. The van der Waals surface area contributed by atoms with Crippen LogP contribution in [0.25, 0.3) is 0 Å². The van der Waals surface area contributed by atoms with E-state index in [-0.39, 0.29) is 31.1 Å². The number of ketones is 1. The number of carbonyl (C=O) groups excluding carboxylic acids is 2. The summed E-state index contributed by atoms with van der Waals surface area (Å²) >= 11 is 6.32. The van der Waals surface area contributed by atoms with Crippen LogP contribution in [-0.2, 0) is 15.1 Å². The van der Waals surface area contributed by atoms with Crippen molar-refractivity contribution in [1.82, 2.24) is 4.90 Å². The molecule has 0 radical (unpaired) electrons. The number of ether oxygens (including phenoxy) is 1. The first-order valence-electron chi connectivity index (χ1n) is 12.9. The summed E-state index contributed by atoms with van der Waals surface area (Å²) in [5, 5.41) is 11.0. The first-order valence-corrected chi connectivity index (χ1v) is 13.3. The number of likely N-dealkylation sites (tertiary alicyclic amines) is 1. The van der Waals surface area contributed by atoms with Gasteiger partial charge in [0.2, 0.25) is 0 Å². The van der Waals surface area contributed by atoms with Gasteiger partial charge in [-0.05, 0) is 43.9 Å². The minimum Gasteiger partial charge on any atom is -0.375 e. The predicted molar refractivity (Wildman–Crippen MR) is 138 cm³/mol. The van der Waals surface area contributed by atoms with Crippen molar-refractivity contribution in [1.29, 1.82) is 0 Å². The lowest BCUT2D eigenvalue weighted by Crippen LogP contribution is -2.57. The number of halogens is 4. The molecule has 2 aliphatic rings. The van der Waals surface area contributed by atoms with Crippen molar-refractivity contribution >= 4 is 29.0 Å². The number of amides is 1. The van der Waals surface area contributed by atoms with Gasteiger partial charge in [0.1, 0.15) is 0 Å². The summed E-state index contributed by atoms with van der Waals surface area (Å²) in [6, 6.07) is 12.0. The van der Waals surface area contributed by atoms with Crippen molar-refractivity contribution < 1.29 is 32.6 Å². The SMILES string of the molecule is CCC(=O)c1ccc(N2CCC(OC3CCN(C(=O)[C@](O)(c4ccccc4)C(F)(F)F)CC3)CC2)cc1Cl. The maximum absolute atomic E-state index is 13.9. The third-order valence-electron chi connectivity index (χ3n) is 7.41. The fourth-order valence-corrected chi connectivity index (χ4v) is 5.43. The van der Waals surface area contributed by atoms with Gasteiger partial charge in [0.25, 0.3) is 11.5 Å². The Morgan fingerprint density at radius 2 is 1.55 bits per heavy atom. The topological polar surface area (TPSA) is 70.1 Å². The molecule has 2 aromatic rings. The lowest BCUT2D eigenvalue weighted by Gasteiger charge is -2.40. The Balaban J connectivity index is 1.29. The van der Waals surface area contributed by atoms with Gasteiger partial charge in [0.05, 0.1) is 17.2 Å². The molecule has 10 heteroatoms. The van der Waals surface area contributed by atoms with Crippen LogP contribution >= 0.6 is 11.6 Å². The van der Waals surface area contributed by atoms with E-state index >= 15 is 0 Å². The van der Waals surface area contributed by atoms with E-state index in [9.17, 15) is 27.9 Å². The second kappa shape index (κ2) is 11.6. The van der Waals surface area contributed by atoms with E-state index in [0.717, 1.165) is 48.7 Å². The molecule has 0 aliphatic carbocycles. The molecule has 1 atom stereocenters. The molecule has 2 saturated heterocycles. The third-order valence-corrected chi connectivity index (χ3v) is 7.72. The number of alkyl halides is 3. The van der Waals surface area contributed by atoms with Gasteiger partial charge >= 0.3 is 6.18 Å². The molecule has 6 nitrogen and oxygen atoms in total. The molecule has 0 saturated carbocycles. The molecule has 2 heterocycles. The Morgan fingerprint density at radius 3 is 2.08 bits per heavy atom. The summed E-state index contributed by atoms with van der Waals surface area (Å²) in [5.41, 5.74) is -2.60. The molecule has 1 N–H and O–H groups in total. The number of hydrogen-bond donors (Lipinski definition) is 1. The van der Waals surface area contributed by atoms with Gasteiger partial charge in [-0.15, -0.1) is 0 Å². The highest BCUT2D eigenvalue weighted by atomic mass is 35.5. The number of hydrogen-bond acceptors (Lipinski definition) is 5. The summed E-state index contributed by atoms with van der Waals surface area (Å²) < 4.78 is 47.9. The standard InChI is InChI=1S/C28H32ClF3N2O4/c1-2-25(35)23-9-8-20(18-24(23)29)33-14-10-21(11-15-33)38-22-12-16-34(17-13-22)26(36)27(37,28(30,31)32)19-6-4-3-5-7-19/h3-9,18,21-22,37H,2,10-17H2,1H3/t27-/m1/s1. The van der Waals surface area contributed by atoms with Crippen LogP contribution in [-0.4, -0.2) is 66.3 Å². The molecule has 2 aliphatic heterocycles. The van der Waals surface area contributed by atoms with E-state index in [1.165, 1.54) is 18.2 Å².